The predicted molar refractivity (Wildman–Crippen MR) is 137 cm³/mol. The number of carbonyl (C=O) groups excluding carboxylic acids is 1. The fraction of sp³-hybridized carbons (Fsp3) is 0.280. The van der Waals surface area contributed by atoms with Crippen LogP contribution in [-0.4, -0.2) is 43.3 Å². The summed E-state index contributed by atoms with van der Waals surface area (Å²) in [6, 6.07) is 15.2. The molecule has 0 aliphatic carbocycles. The molecule has 0 radical (unpaired) electrons. The molecule has 0 saturated carbocycles. The molecule has 10 heteroatoms. The van der Waals surface area contributed by atoms with Gasteiger partial charge < -0.3 is 9.15 Å². The highest BCUT2D eigenvalue weighted by molar-refractivity contribution is 7.89. The fourth-order valence-corrected chi connectivity index (χ4v) is 6.16. The second kappa shape index (κ2) is 10.6. The second-order valence-electron chi connectivity index (χ2n) is 7.62. The molecule has 2 aromatic heterocycles. The topological polar surface area (TPSA) is 92.9 Å². The average Bonchev–Trinajstić information content (AvgIpc) is 3.53. The van der Waals surface area contributed by atoms with Gasteiger partial charge in [-0.05, 0) is 55.5 Å². The number of aromatic nitrogens is 1. The van der Waals surface area contributed by atoms with Gasteiger partial charge in [0.25, 0.3) is 5.91 Å². The summed E-state index contributed by atoms with van der Waals surface area (Å²) in [4.78, 5) is 20.0. The Balaban J connectivity index is 1.70. The average molecular weight is 514 g/mol. The lowest BCUT2D eigenvalue weighted by molar-refractivity contribution is 0.0983. The third-order valence-electron chi connectivity index (χ3n) is 5.49. The highest BCUT2D eigenvalue weighted by Crippen LogP contribution is 2.35. The van der Waals surface area contributed by atoms with Crippen LogP contribution in [0.15, 0.2) is 70.2 Å². The van der Waals surface area contributed by atoms with Crippen LogP contribution in [0.1, 0.15) is 36.9 Å². The van der Waals surface area contributed by atoms with Gasteiger partial charge in [0.15, 0.2) is 5.13 Å². The number of nitrogens with zero attached hydrogens (tertiary/aromatic N) is 3. The first-order valence-electron chi connectivity index (χ1n) is 11.4. The van der Waals surface area contributed by atoms with Crippen molar-refractivity contribution in [2.45, 2.75) is 32.2 Å². The van der Waals surface area contributed by atoms with Crippen molar-refractivity contribution in [3.05, 3.63) is 72.2 Å². The summed E-state index contributed by atoms with van der Waals surface area (Å²) in [7, 11) is -3.62. The molecule has 0 unspecified atom stereocenters. The molecule has 1 amide bonds. The number of amides is 1. The molecule has 0 aliphatic rings. The van der Waals surface area contributed by atoms with E-state index >= 15 is 0 Å². The van der Waals surface area contributed by atoms with E-state index in [-0.39, 0.29) is 17.3 Å². The van der Waals surface area contributed by atoms with Crippen molar-refractivity contribution in [3.63, 3.8) is 0 Å². The number of furan rings is 1. The number of anilines is 1. The SMILES string of the molecule is CCOc1cccc2sc(N(Cc3ccco3)C(=O)c3ccc(S(=O)(=O)N(CC)CC)cc3)nc12. The molecule has 2 aromatic carbocycles. The van der Waals surface area contributed by atoms with E-state index in [1.54, 1.807) is 32.2 Å². The molecule has 0 fully saturated rings. The van der Waals surface area contributed by atoms with E-state index in [0.717, 1.165) is 4.70 Å². The van der Waals surface area contributed by atoms with Gasteiger partial charge >= 0.3 is 0 Å². The molecule has 4 rings (SSSR count). The molecule has 4 aromatic rings. The van der Waals surface area contributed by atoms with E-state index in [9.17, 15) is 13.2 Å². The Bertz CT molecular complexity index is 1390. The van der Waals surface area contributed by atoms with E-state index < -0.39 is 10.0 Å². The van der Waals surface area contributed by atoms with E-state index in [2.05, 4.69) is 0 Å². The normalized spacial score (nSPS) is 11.8. The highest BCUT2D eigenvalue weighted by Gasteiger charge is 2.26. The third kappa shape index (κ3) is 5.09. The lowest BCUT2D eigenvalue weighted by Crippen LogP contribution is -2.31. The Hall–Kier alpha value is -3.21. The van der Waals surface area contributed by atoms with Gasteiger partial charge in [-0.1, -0.05) is 31.3 Å². The van der Waals surface area contributed by atoms with Crippen molar-refractivity contribution in [2.75, 3.05) is 24.6 Å². The van der Waals surface area contributed by atoms with Crippen LogP contribution in [0, 0.1) is 0 Å². The van der Waals surface area contributed by atoms with Gasteiger partial charge in [0.05, 0.1) is 29.0 Å². The number of hydrogen-bond donors (Lipinski definition) is 0. The standard InChI is InChI=1S/C25H27N3O5S2/c1-4-27(5-2)35(30,31)20-14-12-18(13-15-20)24(29)28(17-19-9-8-16-33-19)25-26-23-21(32-6-3)10-7-11-22(23)34-25/h7-16H,4-6,17H2,1-3H3. The second-order valence-corrected chi connectivity index (χ2v) is 10.6. The first kappa shape index (κ1) is 24.9. The number of carbonyl (C=O) groups is 1. The number of rotatable bonds is 10. The van der Waals surface area contributed by atoms with E-state index in [0.29, 0.717) is 47.4 Å². The van der Waals surface area contributed by atoms with Crippen LogP contribution in [0.5, 0.6) is 5.75 Å². The lowest BCUT2D eigenvalue weighted by atomic mass is 10.2. The van der Waals surface area contributed by atoms with Crippen molar-refractivity contribution in [1.82, 2.24) is 9.29 Å². The molecule has 0 atom stereocenters. The minimum absolute atomic E-state index is 0.150. The Morgan fingerprint density at radius 1 is 1.03 bits per heavy atom. The number of sulfonamides is 1. The monoisotopic (exact) mass is 513 g/mol. The predicted octanol–water partition coefficient (Wildman–Crippen LogP) is 5.17. The van der Waals surface area contributed by atoms with Gasteiger partial charge in [0, 0.05) is 18.7 Å². The summed E-state index contributed by atoms with van der Waals surface area (Å²) < 4.78 is 39.1. The summed E-state index contributed by atoms with van der Waals surface area (Å²) in [5.74, 6) is 0.942. The fourth-order valence-electron chi connectivity index (χ4n) is 3.72. The molecule has 2 heterocycles. The molecule has 184 valence electrons. The van der Waals surface area contributed by atoms with Gasteiger partial charge in [-0.2, -0.15) is 4.31 Å². The van der Waals surface area contributed by atoms with Crippen LogP contribution in [0.25, 0.3) is 10.2 Å². The Kier molecular flexibility index (Phi) is 7.54. The quantitative estimate of drug-likeness (QED) is 0.291. The smallest absolute Gasteiger partial charge is 0.260 e. The van der Waals surface area contributed by atoms with Crippen LogP contribution >= 0.6 is 11.3 Å². The molecular weight excluding hydrogens is 486 g/mol. The zero-order valence-corrected chi connectivity index (χ0v) is 21.4. The van der Waals surface area contributed by atoms with Gasteiger partial charge in [-0.15, -0.1) is 0 Å². The summed E-state index contributed by atoms with van der Waals surface area (Å²) in [6.45, 7) is 6.91. The van der Waals surface area contributed by atoms with Crippen LogP contribution in [-0.2, 0) is 16.6 Å². The van der Waals surface area contributed by atoms with Crippen LogP contribution in [0.2, 0.25) is 0 Å². The van der Waals surface area contributed by atoms with Crippen molar-refractivity contribution < 1.29 is 22.4 Å². The number of fused-ring (bicyclic) bond motifs is 1. The maximum atomic E-state index is 13.6. The molecule has 0 bridgehead atoms. The minimum atomic E-state index is -3.62. The van der Waals surface area contributed by atoms with E-state index in [1.807, 2.05) is 25.1 Å². The summed E-state index contributed by atoms with van der Waals surface area (Å²) in [5, 5.41) is 0.494. The van der Waals surface area contributed by atoms with Crippen LogP contribution in [0.4, 0.5) is 5.13 Å². The van der Waals surface area contributed by atoms with Gasteiger partial charge in [0.1, 0.15) is 17.0 Å². The number of para-hydroxylation sites is 1. The zero-order chi connectivity index (χ0) is 25.0. The zero-order valence-electron chi connectivity index (χ0n) is 19.8. The number of hydrogen-bond acceptors (Lipinski definition) is 7. The summed E-state index contributed by atoms with van der Waals surface area (Å²) in [6.07, 6.45) is 1.55. The minimum Gasteiger partial charge on any atom is -0.492 e. The molecule has 0 N–H and O–H groups in total. The van der Waals surface area contributed by atoms with Crippen LogP contribution < -0.4 is 9.64 Å². The van der Waals surface area contributed by atoms with Gasteiger partial charge in [-0.25, -0.2) is 13.4 Å². The molecule has 8 nitrogen and oxygen atoms in total. The molecule has 0 spiro atoms. The Morgan fingerprint density at radius 3 is 2.40 bits per heavy atom. The maximum absolute atomic E-state index is 13.6. The summed E-state index contributed by atoms with van der Waals surface area (Å²) >= 11 is 1.38. The molecule has 0 saturated heterocycles. The van der Waals surface area contributed by atoms with Gasteiger partial charge in [0.2, 0.25) is 10.0 Å². The first-order valence-corrected chi connectivity index (χ1v) is 13.6. The maximum Gasteiger partial charge on any atom is 0.260 e. The van der Waals surface area contributed by atoms with Crippen molar-refractivity contribution in [3.8, 4) is 5.75 Å². The number of thiazole rings is 1. The van der Waals surface area contributed by atoms with Gasteiger partial charge in [-0.3, -0.25) is 9.69 Å². The molecular formula is C25H27N3O5S2. The van der Waals surface area contributed by atoms with Crippen molar-refractivity contribution in [2.24, 2.45) is 0 Å². The van der Waals surface area contributed by atoms with Crippen LogP contribution in [0.3, 0.4) is 0 Å². The van der Waals surface area contributed by atoms with E-state index in [4.69, 9.17) is 14.1 Å². The number of benzene rings is 2. The Labute approximate surface area is 208 Å². The number of ether oxygens (including phenoxy) is 1. The highest BCUT2D eigenvalue weighted by atomic mass is 32.2. The largest absolute Gasteiger partial charge is 0.492 e. The van der Waals surface area contributed by atoms with E-state index in [1.165, 1.54) is 44.8 Å². The first-order chi connectivity index (χ1) is 16.9. The van der Waals surface area contributed by atoms with Crippen molar-refractivity contribution >= 4 is 42.6 Å². The van der Waals surface area contributed by atoms with Crippen molar-refractivity contribution in [1.29, 1.82) is 0 Å². The Morgan fingerprint density at radius 2 is 1.77 bits per heavy atom. The summed E-state index contributed by atoms with van der Waals surface area (Å²) in [5.41, 5.74) is 1.03. The lowest BCUT2D eigenvalue weighted by Gasteiger charge is -2.20. The molecule has 0 aliphatic heterocycles. The third-order valence-corrected chi connectivity index (χ3v) is 8.59. The molecule has 35 heavy (non-hydrogen) atoms.